The van der Waals surface area contributed by atoms with Gasteiger partial charge in [-0.3, -0.25) is 4.90 Å². The van der Waals surface area contributed by atoms with Crippen LogP contribution in [0.5, 0.6) is 0 Å². The monoisotopic (exact) mass is 354 g/mol. The Bertz CT molecular complexity index is 418. The molecule has 7 heteroatoms. The second-order valence-electron chi connectivity index (χ2n) is 5.36. The van der Waals surface area contributed by atoms with E-state index in [1.807, 2.05) is 0 Å². The molecule has 0 saturated carbocycles. The first-order valence-corrected chi connectivity index (χ1v) is 7.05. The van der Waals surface area contributed by atoms with Crippen molar-refractivity contribution >= 4 is 24.8 Å². The van der Waals surface area contributed by atoms with Crippen molar-refractivity contribution in [3.05, 3.63) is 35.6 Å². The highest BCUT2D eigenvalue weighted by Crippen LogP contribution is 2.08. The maximum Gasteiger partial charge on any atom is 0.128 e. The average Bonchev–Trinajstić information content (AvgIpc) is 2.43. The van der Waals surface area contributed by atoms with Crippen LogP contribution in [0.25, 0.3) is 0 Å². The van der Waals surface area contributed by atoms with Gasteiger partial charge in [-0.15, -0.1) is 24.8 Å². The number of nitrogens with zero attached hydrogens (tertiary/aromatic N) is 2. The highest BCUT2D eigenvalue weighted by molar-refractivity contribution is 5.85. The van der Waals surface area contributed by atoms with Crippen LogP contribution in [0.3, 0.4) is 0 Å². The largest absolute Gasteiger partial charge is 0.389 e. The summed E-state index contributed by atoms with van der Waals surface area (Å²) in [5.74, 6) is -0.263. The van der Waals surface area contributed by atoms with Gasteiger partial charge in [0, 0.05) is 38.3 Å². The van der Waals surface area contributed by atoms with E-state index in [4.69, 9.17) is 4.74 Å². The molecule has 1 aliphatic heterocycles. The predicted octanol–water partition coefficient (Wildman–Crippen LogP) is 1.79. The number of aliphatic hydroxyl groups excluding tert-OH is 1. The summed E-state index contributed by atoms with van der Waals surface area (Å²) in [4.78, 5) is 4.51. The molecule has 128 valence electrons. The van der Waals surface area contributed by atoms with Gasteiger partial charge < -0.3 is 14.7 Å². The van der Waals surface area contributed by atoms with E-state index < -0.39 is 6.10 Å². The van der Waals surface area contributed by atoms with Gasteiger partial charge in [-0.05, 0) is 13.1 Å². The predicted molar refractivity (Wildman–Crippen MR) is 90.5 cm³/mol. The van der Waals surface area contributed by atoms with Crippen molar-refractivity contribution in [2.45, 2.75) is 12.7 Å². The summed E-state index contributed by atoms with van der Waals surface area (Å²) in [6, 6.07) is 6.55. The molecule has 1 fully saturated rings. The zero-order chi connectivity index (χ0) is 14.4. The van der Waals surface area contributed by atoms with Gasteiger partial charge in [-0.2, -0.15) is 0 Å². The second kappa shape index (κ2) is 11.2. The summed E-state index contributed by atoms with van der Waals surface area (Å²) in [5, 5.41) is 9.94. The molecule has 1 saturated heterocycles. The van der Waals surface area contributed by atoms with Crippen LogP contribution in [-0.2, 0) is 11.3 Å². The van der Waals surface area contributed by atoms with Crippen molar-refractivity contribution in [1.29, 1.82) is 0 Å². The van der Waals surface area contributed by atoms with Gasteiger partial charge in [-0.25, -0.2) is 4.39 Å². The molecule has 1 aromatic rings. The van der Waals surface area contributed by atoms with E-state index in [2.05, 4.69) is 16.8 Å². The smallest absolute Gasteiger partial charge is 0.128 e. The molecule has 0 aromatic heterocycles. The molecule has 22 heavy (non-hydrogen) atoms. The van der Waals surface area contributed by atoms with Crippen molar-refractivity contribution in [3.63, 3.8) is 0 Å². The molecule has 0 amide bonds. The first-order chi connectivity index (χ1) is 9.65. The van der Waals surface area contributed by atoms with Crippen LogP contribution in [0.2, 0.25) is 0 Å². The van der Waals surface area contributed by atoms with E-state index in [0.717, 1.165) is 26.2 Å². The summed E-state index contributed by atoms with van der Waals surface area (Å²) < 4.78 is 18.8. The zero-order valence-electron chi connectivity index (χ0n) is 12.8. The van der Waals surface area contributed by atoms with Crippen LogP contribution < -0.4 is 0 Å². The first kappa shape index (κ1) is 21.6. The third kappa shape index (κ3) is 7.22. The van der Waals surface area contributed by atoms with Crippen LogP contribution >= 0.6 is 24.8 Å². The Balaban J connectivity index is 0.00000220. The van der Waals surface area contributed by atoms with Crippen molar-refractivity contribution in [1.82, 2.24) is 9.80 Å². The number of hydrogen-bond donors (Lipinski definition) is 1. The number of β-amino-alcohol motifs (C(OH)–C–C–N with tert-alkyl or cyclic N) is 1. The molecule has 0 bridgehead atoms. The highest BCUT2D eigenvalue weighted by atomic mass is 35.5. The topological polar surface area (TPSA) is 35.9 Å². The minimum atomic E-state index is -0.523. The summed E-state index contributed by atoms with van der Waals surface area (Å²) in [6.45, 7) is 5.06. The van der Waals surface area contributed by atoms with E-state index in [0.29, 0.717) is 12.1 Å². The number of rotatable bonds is 6. The molecule has 0 radical (unpaired) electrons. The standard InChI is InChI=1S/C15H23FN2O2.2ClH/c1-17-6-8-18(9-7-17)10-14(19)12-20-11-13-4-2-3-5-15(13)16;;/h2-5,14,19H,6-12H2,1H3;2*1H. The van der Waals surface area contributed by atoms with Crippen LogP contribution in [-0.4, -0.2) is 67.4 Å². The quantitative estimate of drug-likeness (QED) is 0.844. The normalized spacial score (nSPS) is 17.4. The highest BCUT2D eigenvalue weighted by Gasteiger charge is 2.17. The van der Waals surface area contributed by atoms with Crippen molar-refractivity contribution in [3.8, 4) is 0 Å². The zero-order valence-corrected chi connectivity index (χ0v) is 14.4. The molecule has 1 atom stereocenters. The van der Waals surface area contributed by atoms with Gasteiger partial charge in [0.1, 0.15) is 5.82 Å². The maximum absolute atomic E-state index is 13.4. The van der Waals surface area contributed by atoms with E-state index >= 15 is 0 Å². The summed E-state index contributed by atoms with van der Waals surface area (Å²) >= 11 is 0. The first-order valence-electron chi connectivity index (χ1n) is 7.05. The average molecular weight is 355 g/mol. The molecule has 0 aliphatic carbocycles. The van der Waals surface area contributed by atoms with Crippen molar-refractivity contribution < 1.29 is 14.2 Å². The Kier molecular flexibility index (Phi) is 10.9. The Labute approximate surface area is 144 Å². The molecule has 2 rings (SSSR count). The fourth-order valence-electron chi connectivity index (χ4n) is 2.30. The lowest BCUT2D eigenvalue weighted by Crippen LogP contribution is -2.47. The van der Waals surface area contributed by atoms with Crippen molar-refractivity contribution in [2.75, 3.05) is 46.4 Å². The molecule has 0 spiro atoms. The Morgan fingerprint density at radius 2 is 1.82 bits per heavy atom. The third-order valence-corrected chi connectivity index (χ3v) is 3.59. The number of ether oxygens (including phenoxy) is 1. The van der Waals surface area contributed by atoms with Gasteiger partial charge in [0.05, 0.1) is 19.3 Å². The molecule has 1 aromatic carbocycles. The second-order valence-corrected chi connectivity index (χ2v) is 5.36. The van der Waals surface area contributed by atoms with E-state index in [1.54, 1.807) is 18.2 Å². The number of benzene rings is 1. The van der Waals surface area contributed by atoms with Crippen LogP contribution in [0, 0.1) is 5.82 Å². The Hall–Kier alpha value is -0.430. The van der Waals surface area contributed by atoms with Gasteiger partial charge in [-0.1, -0.05) is 18.2 Å². The molecule has 4 nitrogen and oxygen atoms in total. The lowest BCUT2D eigenvalue weighted by atomic mass is 10.2. The van der Waals surface area contributed by atoms with Crippen LogP contribution in [0.15, 0.2) is 24.3 Å². The van der Waals surface area contributed by atoms with E-state index in [1.165, 1.54) is 6.07 Å². The lowest BCUT2D eigenvalue weighted by Gasteiger charge is -2.33. The number of aliphatic hydroxyl groups is 1. The molecular weight excluding hydrogens is 330 g/mol. The van der Waals surface area contributed by atoms with Gasteiger partial charge >= 0.3 is 0 Å². The van der Waals surface area contributed by atoms with Gasteiger partial charge in [0.2, 0.25) is 0 Å². The minimum absolute atomic E-state index is 0. The fraction of sp³-hybridized carbons (Fsp3) is 0.600. The molecule has 1 N–H and O–H groups in total. The van der Waals surface area contributed by atoms with Crippen LogP contribution in [0.1, 0.15) is 5.56 Å². The molecule has 1 heterocycles. The fourth-order valence-corrected chi connectivity index (χ4v) is 2.30. The number of halogens is 3. The number of hydrogen-bond acceptors (Lipinski definition) is 4. The van der Waals surface area contributed by atoms with Crippen molar-refractivity contribution in [2.24, 2.45) is 0 Å². The minimum Gasteiger partial charge on any atom is -0.389 e. The third-order valence-electron chi connectivity index (χ3n) is 3.59. The maximum atomic E-state index is 13.4. The number of piperazine rings is 1. The van der Waals surface area contributed by atoms with Gasteiger partial charge in [0.25, 0.3) is 0 Å². The van der Waals surface area contributed by atoms with E-state index in [9.17, 15) is 9.50 Å². The molecular formula is C15H25Cl2FN2O2. The summed E-state index contributed by atoms with van der Waals surface area (Å²) in [6.07, 6.45) is -0.523. The molecule has 1 unspecified atom stereocenters. The van der Waals surface area contributed by atoms with Gasteiger partial charge in [0.15, 0.2) is 0 Å². The van der Waals surface area contributed by atoms with Crippen LogP contribution in [0.4, 0.5) is 4.39 Å². The number of likely N-dealkylation sites (N-methyl/N-ethyl adjacent to an activating group) is 1. The summed E-state index contributed by atoms with van der Waals surface area (Å²) in [5.41, 5.74) is 0.527. The molecule has 1 aliphatic rings. The lowest BCUT2D eigenvalue weighted by molar-refractivity contribution is 0.00231. The van der Waals surface area contributed by atoms with E-state index in [-0.39, 0.29) is 43.8 Å². The Morgan fingerprint density at radius 3 is 2.45 bits per heavy atom. The SMILES string of the molecule is CN1CCN(CC(O)COCc2ccccc2F)CC1.Cl.Cl. The summed E-state index contributed by atoms with van der Waals surface area (Å²) in [7, 11) is 2.10. The Morgan fingerprint density at radius 1 is 1.18 bits per heavy atom.